The van der Waals surface area contributed by atoms with E-state index >= 15 is 0 Å². The van der Waals surface area contributed by atoms with Crippen LogP contribution in [0.4, 0.5) is 4.79 Å². The summed E-state index contributed by atoms with van der Waals surface area (Å²) < 4.78 is 12.2. The largest absolute Gasteiger partial charge is 0.488 e. The third-order valence-electron chi connectivity index (χ3n) is 5.68. The van der Waals surface area contributed by atoms with Crippen molar-refractivity contribution in [3.8, 4) is 16.9 Å². The Morgan fingerprint density at radius 1 is 1.31 bits per heavy atom. The van der Waals surface area contributed by atoms with Crippen molar-refractivity contribution in [2.75, 3.05) is 19.7 Å². The fourth-order valence-corrected chi connectivity index (χ4v) is 5.54. The van der Waals surface area contributed by atoms with Gasteiger partial charge in [-0.3, -0.25) is 9.78 Å². The molecule has 0 bridgehead atoms. The minimum Gasteiger partial charge on any atom is -0.488 e. The molecule has 0 saturated carbocycles. The zero-order valence-electron chi connectivity index (χ0n) is 17.5. The van der Waals surface area contributed by atoms with Crippen LogP contribution in [0.25, 0.3) is 21.3 Å². The molecule has 1 aromatic carbocycles. The third kappa shape index (κ3) is 4.05. The SMILES string of the molecule is Cc1cc(Cl)cc(-c2ccnc3cc(CN4C(=O)COC4=O)sc23)c1O[C@H]1CCCNC1. The maximum Gasteiger partial charge on any atom is 0.417 e. The van der Waals surface area contributed by atoms with Gasteiger partial charge in [0.1, 0.15) is 11.9 Å². The van der Waals surface area contributed by atoms with Crippen molar-refractivity contribution < 1.29 is 19.1 Å². The van der Waals surface area contributed by atoms with Gasteiger partial charge in [0.25, 0.3) is 5.91 Å². The molecule has 1 N–H and O–H groups in total. The van der Waals surface area contributed by atoms with E-state index in [-0.39, 0.29) is 25.2 Å². The summed E-state index contributed by atoms with van der Waals surface area (Å²) in [5, 5.41) is 4.03. The number of cyclic esters (lactones) is 1. The van der Waals surface area contributed by atoms with E-state index in [2.05, 4.69) is 10.3 Å². The van der Waals surface area contributed by atoms with E-state index in [4.69, 9.17) is 21.1 Å². The van der Waals surface area contributed by atoms with Crippen LogP contribution in [0.5, 0.6) is 5.75 Å². The Labute approximate surface area is 194 Å². The second kappa shape index (κ2) is 8.69. The monoisotopic (exact) mass is 471 g/mol. The first-order chi connectivity index (χ1) is 15.5. The first-order valence-corrected chi connectivity index (χ1v) is 11.7. The molecule has 3 aromatic rings. The second-order valence-corrected chi connectivity index (χ2v) is 9.58. The molecule has 2 amide bonds. The number of amides is 2. The molecule has 0 unspecified atom stereocenters. The Morgan fingerprint density at radius 3 is 2.94 bits per heavy atom. The van der Waals surface area contributed by atoms with E-state index < -0.39 is 6.09 Å². The quantitative estimate of drug-likeness (QED) is 0.588. The van der Waals surface area contributed by atoms with Gasteiger partial charge in [0.2, 0.25) is 0 Å². The van der Waals surface area contributed by atoms with Gasteiger partial charge >= 0.3 is 6.09 Å². The molecule has 166 valence electrons. The maximum atomic E-state index is 11.9. The smallest absolute Gasteiger partial charge is 0.417 e. The number of nitrogens with zero attached hydrogens (tertiary/aromatic N) is 2. The highest BCUT2D eigenvalue weighted by atomic mass is 35.5. The van der Waals surface area contributed by atoms with E-state index in [1.165, 1.54) is 11.3 Å². The first kappa shape index (κ1) is 21.2. The number of imide groups is 1. The van der Waals surface area contributed by atoms with Crippen LogP contribution in [0.3, 0.4) is 0 Å². The van der Waals surface area contributed by atoms with Crippen molar-refractivity contribution in [2.24, 2.45) is 0 Å². The average Bonchev–Trinajstić information content (AvgIpc) is 3.34. The molecule has 5 rings (SSSR count). The molecule has 0 aliphatic carbocycles. The van der Waals surface area contributed by atoms with E-state index in [9.17, 15) is 9.59 Å². The highest BCUT2D eigenvalue weighted by molar-refractivity contribution is 7.19. The van der Waals surface area contributed by atoms with Gasteiger partial charge < -0.3 is 14.8 Å². The number of nitrogens with one attached hydrogen (secondary N) is 1. The molecule has 7 nitrogen and oxygen atoms in total. The summed E-state index contributed by atoms with van der Waals surface area (Å²) >= 11 is 7.94. The van der Waals surface area contributed by atoms with Gasteiger partial charge in [0.05, 0.1) is 16.8 Å². The predicted octanol–water partition coefficient (Wildman–Crippen LogP) is 4.53. The molecule has 1 atom stereocenters. The van der Waals surface area contributed by atoms with Crippen molar-refractivity contribution in [1.82, 2.24) is 15.2 Å². The van der Waals surface area contributed by atoms with E-state index in [1.54, 1.807) is 6.20 Å². The molecule has 2 aromatic heterocycles. The standard InChI is InChI=1S/C23H22ClN3O4S/c1-13-7-14(24)8-18(21(13)31-15-3-2-5-25-10-15)17-4-6-26-19-9-16(32-22(17)19)11-27-20(28)12-30-23(27)29/h4,6-9,15,25H,2-3,5,10-12H2,1H3/t15-/m0/s1. The summed E-state index contributed by atoms with van der Waals surface area (Å²) in [5.41, 5.74) is 3.65. The van der Waals surface area contributed by atoms with Crippen LogP contribution >= 0.6 is 22.9 Å². The minimum atomic E-state index is -0.608. The van der Waals surface area contributed by atoms with Crippen LogP contribution in [0, 0.1) is 6.92 Å². The number of piperidine rings is 1. The molecule has 2 aliphatic rings. The van der Waals surface area contributed by atoms with Gasteiger partial charge in [0.15, 0.2) is 6.61 Å². The van der Waals surface area contributed by atoms with E-state index in [1.807, 2.05) is 31.2 Å². The minimum absolute atomic E-state index is 0.103. The molecule has 2 aliphatic heterocycles. The van der Waals surface area contributed by atoms with E-state index in [0.717, 1.165) is 68.4 Å². The summed E-state index contributed by atoms with van der Waals surface area (Å²) in [4.78, 5) is 30.2. The number of rotatable bonds is 5. The van der Waals surface area contributed by atoms with Crippen LogP contribution in [0.2, 0.25) is 5.02 Å². The lowest BCUT2D eigenvalue weighted by atomic mass is 10.0. The average molecular weight is 472 g/mol. The predicted molar refractivity (Wildman–Crippen MR) is 123 cm³/mol. The number of carbonyl (C=O) groups is 2. The van der Waals surface area contributed by atoms with Gasteiger partial charge in [-0.15, -0.1) is 11.3 Å². The van der Waals surface area contributed by atoms with Crippen LogP contribution in [0.1, 0.15) is 23.3 Å². The van der Waals surface area contributed by atoms with Gasteiger partial charge in [-0.25, -0.2) is 9.69 Å². The Kier molecular flexibility index (Phi) is 5.75. The summed E-state index contributed by atoms with van der Waals surface area (Å²) in [5.74, 6) is 0.492. The van der Waals surface area contributed by atoms with Crippen LogP contribution in [-0.2, 0) is 16.1 Å². The molecule has 0 radical (unpaired) electrons. The number of pyridine rings is 1. The summed E-state index contributed by atoms with van der Waals surface area (Å²) in [7, 11) is 0. The number of aromatic nitrogens is 1. The Balaban J connectivity index is 1.55. The lowest BCUT2D eigenvalue weighted by Crippen LogP contribution is -2.37. The lowest BCUT2D eigenvalue weighted by Gasteiger charge is -2.26. The summed E-state index contributed by atoms with van der Waals surface area (Å²) in [6, 6.07) is 7.70. The van der Waals surface area contributed by atoms with Crippen molar-refractivity contribution in [2.45, 2.75) is 32.4 Å². The molecule has 0 spiro atoms. The van der Waals surface area contributed by atoms with Crippen molar-refractivity contribution in [1.29, 1.82) is 0 Å². The summed E-state index contributed by atoms with van der Waals surface area (Å²) in [6.45, 7) is 3.80. The van der Waals surface area contributed by atoms with Crippen molar-refractivity contribution in [3.63, 3.8) is 0 Å². The lowest BCUT2D eigenvalue weighted by molar-refractivity contribution is -0.126. The molecule has 2 fully saturated rings. The van der Waals surface area contributed by atoms with E-state index in [0.29, 0.717) is 5.02 Å². The van der Waals surface area contributed by atoms with Crippen molar-refractivity contribution in [3.05, 3.63) is 45.9 Å². The Bertz CT molecular complexity index is 1190. The number of hydrogen-bond donors (Lipinski definition) is 1. The molecule has 4 heterocycles. The van der Waals surface area contributed by atoms with Gasteiger partial charge in [-0.2, -0.15) is 0 Å². The maximum absolute atomic E-state index is 11.9. The Hall–Kier alpha value is -2.68. The molecular formula is C23H22ClN3O4S. The molecule has 9 heteroatoms. The van der Waals surface area contributed by atoms with Gasteiger partial charge in [-0.05, 0) is 56.1 Å². The highest BCUT2D eigenvalue weighted by Gasteiger charge is 2.31. The zero-order chi connectivity index (χ0) is 22.2. The fraction of sp³-hybridized carbons (Fsp3) is 0.348. The number of ether oxygens (including phenoxy) is 2. The first-order valence-electron chi connectivity index (χ1n) is 10.5. The Morgan fingerprint density at radius 2 is 2.19 bits per heavy atom. The molecule has 2 saturated heterocycles. The topological polar surface area (TPSA) is 80.8 Å². The number of aryl methyl sites for hydroxylation is 1. The second-order valence-electron chi connectivity index (χ2n) is 8.01. The number of fused-ring (bicyclic) bond motifs is 1. The van der Waals surface area contributed by atoms with Crippen LogP contribution in [-0.4, -0.2) is 47.7 Å². The van der Waals surface area contributed by atoms with Gasteiger partial charge in [-0.1, -0.05) is 11.6 Å². The number of thiophene rings is 1. The fourth-order valence-electron chi connectivity index (χ4n) is 4.14. The van der Waals surface area contributed by atoms with Crippen LogP contribution < -0.4 is 10.1 Å². The molecule has 32 heavy (non-hydrogen) atoms. The third-order valence-corrected chi connectivity index (χ3v) is 7.04. The van der Waals surface area contributed by atoms with Gasteiger partial charge in [0, 0.05) is 33.8 Å². The highest BCUT2D eigenvalue weighted by Crippen LogP contribution is 2.42. The zero-order valence-corrected chi connectivity index (χ0v) is 19.1. The number of carbonyl (C=O) groups excluding carboxylic acids is 2. The number of benzene rings is 1. The van der Waals surface area contributed by atoms with Crippen LogP contribution in [0.15, 0.2) is 30.5 Å². The normalized spacial score (nSPS) is 18.9. The number of halogens is 1. The van der Waals surface area contributed by atoms with Crippen molar-refractivity contribution >= 4 is 45.2 Å². The number of hydrogen-bond acceptors (Lipinski definition) is 7. The molecular weight excluding hydrogens is 450 g/mol. The summed E-state index contributed by atoms with van der Waals surface area (Å²) in [6.07, 6.45) is 3.33.